The average Bonchev–Trinajstić information content (AvgIpc) is 3.32. The van der Waals surface area contributed by atoms with Gasteiger partial charge in [-0.1, -0.05) is 0 Å². The standard InChI is InChI=1S/C16H16N4O5/c21-15(17-18-16(22)14-4-3-9-25-14)12-10-11(20(23)24)5-6-13(12)19-7-1-2-8-19/h3-6,9-10H,1-2,7-8H2,(H,17,21)(H,18,22). The zero-order valence-electron chi connectivity index (χ0n) is 13.2. The fraction of sp³-hybridized carbons (Fsp3) is 0.250. The van der Waals surface area contributed by atoms with E-state index in [1.165, 1.54) is 24.5 Å². The number of non-ortho nitro benzene ring substituents is 1. The topological polar surface area (TPSA) is 118 Å². The number of nitrogens with one attached hydrogen (secondary N) is 2. The van der Waals surface area contributed by atoms with Crippen molar-refractivity contribution in [3.05, 3.63) is 58.0 Å². The number of nitro benzene ring substituents is 1. The van der Waals surface area contributed by atoms with E-state index < -0.39 is 16.7 Å². The van der Waals surface area contributed by atoms with E-state index in [4.69, 9.17) is 4.42 Å². The fourth-order valence-electron chi connectivity index (χ4n) is 2.70. The summed E-state index contributed by atoms with van der Waals surface area (Å²) in [5, 5.41) is 11.0. The summed E-state index contributed by atoms with van der Waals surface area (Å²) in [6.07, 6.45) is 3.32. The number of nitrogens with zero attached hydrogens (tertiary/aromatic N) is 2. The van der Waals surface area contributed by atoms with Crippen molar-refractivity contribution in [1.82, 2.24) is 10.9 Å². The second-order valence-electron chi connectivity index (χ2n) is 5.54. The zero-order chi connectivity index (χ0) is 17.8. The number of carbonyl (C=O) groups is 2. The number of nitro groups is 1. The molecule has 1 saturated heterocycles. The smallest absolute Gasteiger partial charge is 0.305 e. The first-order valence-electron chi connectivity index (χ1n) is 7.74. The molecule has 130 valence electrons. The minimum Gasteiger partial charge on any atom is -0.459 e. The molecule has 1 aromatic heterocycles. The molecular formula is C16H16N4O5. The number of rotatable bonds is 4. The van der Waals surface area contributed by atoms with Gasteiger partial charge < -0.3 is 9.32 Å². The van der Waals surface area contributed by atoms with Gasteiger partial charge >= 0.3 is 5.91 Å². The molecule has 0 aliphatic carbocycles. The lowest BCUT2D eigenvalue weighted by molar-refractivity contribution is -0.384. The van der Waals surface area contributed by atoms with E-state index >= 15 is 0 Å². The molecular weight excluding hydrogens is 328 g/mol. The molecule has 0 radical (unpaired) electrons. The quantitative estimate of drug-likeness (QED) is 0.646. The van der Waals surface area contributed by atoms with Crippen molar-refractivity contribution in [2.75, 3.05) is 18.0 Å². The summed E-state index contributed by atoms with van der Waals surface area (Å²) in [7, 11) is 0. The van der Waals surface area contributed by atoms with Gasteiger partial charge in [0.2, 0.25) is 0 Å². The van der Waals surface area contributed by atoms with Crippen molar-refractivity contribution in [3.63, 3.8) is 0 Å². The number of benzene rings is 1. The lowest BCUT2D eigenvalue weighted by Crippen LogP contribution is -2.42. The summed E-state index contributed by atoms with van der Waals surface area (Å²) in [6.45, 7) is 1.55. The fourth-order valence-corrected chi connectivity index (χ4v) is 2.70. The lowest BCUT2D eigenvalue weighted by atomic mass is 10.1. The highest BCUT2D eigenvalue weighted by Gasteiger charge is 2.23. The molecule has 9 heteroatoms. The Balaban J connectivity index is 1.80. The molecule has 1 aliphatic heterocycles. The minimum absolute atomic E-state index is 0.0408. The van der Waals surface area contributed by atoms with Crippen LogP contribution in [0.3, 0.4) is 0 Å². The van der Waals surface area contributed by atoms with E-state index in [2.05, 4.69) is 10.9 Å². The van der Waals surface area contributed by atoms with Gasteiger partial charge in [0.25, 0.3) is 11.6 Å². The van der Waals surface area contributed by atoms with E-state index in [0.717, 1.165) is 25.9 Å². The van der Waals surface area contributed by atoms with Gasteiger partial charge in [-0.05, 0) is 31.0 Å². The maximum Gasteiger partial charge on any atom is 0.305 e. The monoisotopic (exact) mass is 344 g/mol. The molecule has 3 rings (SSSR count). The maximum atomic E-state index is 12.5. The Hall–Kier alpha value is -3.36. The largest absolute Gasteiger partial charge is 0.459 e. The van der Waals surface area contributed by atoms with E-state index in [0.29, 0.717) is 5.69 Å². The molecule has 0 bridgehead atoms. The summed E-state index contributed by atoms with van der Waals surface area (Å²) in [5.41, 5.74) is 5.05. The normalized spacial score (nSPS) is 13.5. The number of anilines is 1. The first kappa shape index (κ1) is 16.5. The van der Waals surface area contributed by atoms with Crippen LogP contribution in [-0.2, 0) is 0 Å². The molecule has 1 fully saturated rings. The molecule has 25 heavy (non-hydrogen) atoms. The van der Waals surface area contributed by atoms with Crippen LogP contribution >= 0.6 is 0 Å². The van der Waals surface area contributed by atoms with Crippen molar-refractivity contribution in [1.29, 1.82) is 0 Å². The third-order valence-corrected chi connectivity index (χ3v) is 3.92. The number of hydrogen-bond acceptors (Lipinski definition) is 6. The predicted molar refractivity (Wildman–Crippen MR) is 88.2 cm³/mol. The number of carbonyl (C=O) groups excluding carboxylic acids is 2. The van der Waals surface area contributed by atoms with Crippen LogP contribution in [0.5, 0.6) is 0 Å². The first-order chi connectivity index (χ1) is 12.1. The average molecular weight is 344 g/mol. The Bertz CT molecular complexity index is 797. The highest BCUT2D eigenvalue weighted by Crippen LogP contribution is 2.28. The lowest BCUT2D eigenvalue weighted by Gasteiger charge is -2.20. The summed E-state index contributed by atoms with van der Waals surface area (Å²) in [6, 6.07) is 7.13. The summed E-state index contributed by atoms with van der Waals surface area (Å²) in [4.78, 5) is 36.7. The van der Waals surface area contributed by atoms with E-state index in [1.54, 1.807) is 12.1 Å². The van der Waals surface area contributed by atoms with Crippen molar-refractivity contribution in [2.45, 2.75) is 12.8 Å². The van der Waals surface area contributed by atoms with Crippen LogP contribution in [-0.4, -0.2) is 29.8 Å². The number of hydrogen-bond donors (Lipinski definition) is 2. The van der Waals surface area contributed by atoms with Gasteiger partial charge in [-0.3, -0.25) is 30.6 Å². The molecule has 0 unspecified atom stereocenters. The van der Waals surface area contributed by atoms with Crippen LogP contribution in [0.1, 0.15) is 33.8 Å². The van der Waals surface area contributed by atoms with Crippen molar-refractivity contribution in [3.8, 4) is 0 Å². The van der Waals surface area contributed by atoms with Crippen LogP contribution in [0, 0.1) is 10.1 Å². The van der Waals surface area contributed by atoms with Gasteiger partial charge in [0, 0.05) is 25.2 Å². The predicted octanol–water partition coefficient (Wildman–Crippen LogP) is 1.86. The van der Waals surface area contributed by atoms with E-state index in [1.807, 2.05) is 4.90 Å². The van der Waals surface area contributed by atoms with Crippen molar-refractivity contribution >= 4 is 23.2 Å². The SMILES string of the molecule is O=C(NNC(=O)c1cc([N+](=O)[O-])ccc1N1CCCC1)c1ccco1. The van der Waals surface area contributed by atoms with Gasteiger partial charge in [0.15, 0.2) is 5.76 Å². The van der Waals surface area contributed by atoms with Crippen LogP contribution in [0.2, 0.25) is 0 Å². The Kier molecular flexibility index (Phi) is 4.64. The second-order valence-corrected chi connectivity index (χ2v) is 5.54. The van der Waals surface area contributed by atoms with Crippen LogP contribution in [0.15, 0.2) is 41.0 Å². The Labute approximate surface area is 142 Å². The maximum absolute atomic E-state index is 12.5. The number of hydrazine groups is 1. The van der Waals surface area contributed by atoms with Gasteiger partial charge in [-0.15, -0.1) is 0 Å². The molecule has 2 N–H and O–H groups in total. The summed E-state index contributed by atoms with van der Waals surface area (Å²) >= 11 is 0. The van der Waals surface area contributed by atoms with Crippen molar-refractivity contribution in [2.24, 2.45) is 0 Å². The Morgan fingerprint density at radius 3 is 2.48 bits per heavy atom. The van der Waals surface area contributed by atoms with Crippen LogP contribution in [0.25, 0.3) is 0 Å². The molecule has 2 aromatic rings. The molecule has 9 nitrogen and oxygen atoms in total. The highest BCUT2D eigenvalue weighted by atomic mass is 16.6. The molecule has 2 heterocycles. The highest BCUT2D eigenvalue weighted by molar-refractivity contribution is 6.02. The summed E-state index contributed by atoms with van der Waals surface area (Å²) in [5.74, 6) is -1.21. The number of amides is 2. The van der Waals surface area contributed by atoms with Crippen LogP contribution < -0.4 is 15.8 Å². The van der Waals surface area contributed by atoms with Gasteiger partial charge in [-0.2, -0.15) is 0 Å². The molecule has 0 atom stereocenters. The van der Waals surface area contributed by atoms with Crippen molar-refractivity contribution < 1.29 is 18.9 Å². The molecule has 2 amide bonds. The first-order valence-corrected chi connectivity index (χ1v) is 7.74. The number of furan rings is 1. The minimum atomic E-state index is -0.634. The molecule has 1 aromatic carbocycles. The molecule has 0 saturated carbocycles. The summed E-state index contributed by atoms with van der Waals surface area (Å²) < 4.78 is 4.93. The third kappa shape index (κ3) is 3.60. The van der Waals surface area contributed by atoms with Gasteiger partial charge in [0.05, 0.1) is 22.4 Å². The van der Waals surface area contributed by atoms with Gasteiger partial charge in [0.1, 0.15) is 0 Å². The molecule has 1 aliphatic rings. The zero-order valence-corrected chi connectivity index (χ0v) is 13.2. The third-order valence-electron chi connectivity index (χ3n) is 3.92. The second kappa shape index (κ2) is 7.04. The molecule has 0 spiro atoms. The van der Waals surface area contributed by atoms with E-state index in [9.17, 15) is 19.7 Å². The Morgan fingerprint density at radius 2 is 1.84 bits per heavy atom. The Morgan fingerprint density at radius 1 is 1.12 bits per heavy atom. The van der Waals surface area contributed by atoms with E-state index in [-0.39, 0.29) is 17.0 Å². The van der Waals surface area contributed by atoms with Gasteiger partial charge in [-0.25, -0.2) is 0 Å². The van der Waals surface area contributed by atoms with Crippen LogP contribution in [0.4, 0.5) is 11.4 Å².